The summed E-state index contributed by atoms with van der Waals surface area (Å²) in [5.41, 5.74) is 0. The van der Waals surface area contributed by atoms with Crippen LogP contribution in [0.15, 0.2) is 0 Å². The van der Waals surface area contributed by atoms with Crippen LogP contribution in [0.2, 0.25) is 0 Å². The number of likely N-dealkylation sites (N-methyl/N-ethyl adjacent to an activating group) is 1. The van der Waals surface area contributed by atoms with Crippen LogP contribution in [0.3, 0.4) is 0 Å². The second-order valence-electron chi connectivity index (χ2n) is 23.1. The van der Waals surface area contributed by atoms with E-state index in [1.807, 2.05) is 21.1 Å². The number of hydrogen-bond acceptors (Lipinski definition) is 8. The van der Waals surface area contributed by atoms with E-state index in [2.05, 4.69) is 13.8 Å². The Morgan fingerprint density at radius 2 is 0.625 bits per heavy atom. The van der Waals surface area contributed by atoms with Crippen molar-refractivity contribution in [2.45, 2.75) is 341 Å². The molecule has 0 radical (unpaired) electrons. The third-order valence-electron chi connectivity index (χ3n) is 14.6. The van der Waals surface area contributed by atoms with Crippen molar-refractivity contribution >= 4 is 19.8 Å². The van der Waals surface area contributed by atoms with E-state index >= 15 is 0 Å². The van der Waals surface area contributed by atoms with E-state index in [9.17, 15) is 19.0 Å². The first kappa shape index (κ1) is 71.0. The fraction of sp³-hybridized carbons (Fsp3) is 0.968. The Bertz CT molecular complexity index is 1180. The highest BCUT2D eigenvalue weighted by atomic mass is 31.2. The number of carbonyl (C=O) groups excluding carboxylic acids is 2. The molecule has 0 heterocycles. The minimum Gasteiger partial charge on any atom is -0.756 e. The molecule has 9 nitrogen and oxygen atoms in total. The van der Waals surface area contributed by atoms with Crippen LogP contribution in [0, 0.1) is 0 Å². The van der Waals surface area contributed by atoms with Gasteiger partial charge in [0.1, 0.15) is 19.8 Å². The summed E-state index contributed by atoms with van der Waals surface area (Å²) in [6.45, 7) is 4.28. The van der Waals surface area contributed by atoms with Gasteiger partial charge in [0.05, 0.1) is 27.7 Å². The van der Waals surface area contributed by atoms with E-state index in [0.29, 0.717) is 17.4 Å². The summed E-state index contributed by atoms with van der Waals surface area (Å²) in [4.78, 5) is 37.7. The molecule has 0 aliphatic heterocycles. The molecule has 0 aliphatic carbocycles. The molecular weight excluding hydrogens is 918 g/mol. The molecule has 0 aromatic heterocycles. The molecule has 2 atom stereocenters. The lowest BCUT2D eigenvalue weighted by Gasteiger charge is -2.28. The standard InChI is InChI=1S/C62H124NO8P/c1-6-8-10-12-14-16-18-19-20-21-22-23-24-25-26-27-28-29-30-31-32-33-34-35-36-37-38-39-40-41-42-43-44-45-47-49-51-53-55-62(65)71-60(59-70-72(66,67)69-57-56-63(3,4)5)58-68-61(64)54-52-50-48-46-17-15-13-11-9-7-2/h60H,6-59H2,1-5H3. The number of phosphoric acid groups is 1. The largest absolute Gasteiger partial charge is 0.756 e. The Hall–Kier alpha value is -0.990. The molecule has 0 fully saturated rings. The van der Waals surface area contributed by atoms with Gasteiger partial charge in [-0.05, 0) is 12.8 Å². The monoisotopic (exact) mass is 1040 g/mol. The number of nitrogens with zero attached hydrogens (tertiary/aromatic N) is 1. The van der Waals surface area contributed by atoms with Crippen molar-refractivity contribution < 1.29 is 42.1 Å². The Morgan fingerprint density at radius 3 is 0.889 bits per heavy atom. The van der Waals surface area contributed by atoms with Crippen LogP contribution in [0.5, 0.6) is 0 Å². The maximum atomic E-state index is 12.8. The molecule has 10 heteroatoms. The Kier molecular flexibility index (Phi) is 54.0. The predicted octanol–water partition coefficient (Wildman–Crippen LogP) is 19.2. The molecule has 0 saturated heterocycles. The Balaban J connectivity index is 3.78. The Morgan fingerprint density at radius 1 is 0.375 bits per heavy atom. The number of hydrogen-bond donors (Lipinski definition) is 0. The smallest absolute Gasteiger partial charge is 0.306 e. The van der Waals surface area contributed by atoms with Gasteiger partial charge in [-0.15, -0.1) is 0 Å². The number of carbonyl (C=O) groups is 2. The van der Waals surface area contributed by atoms with Crippen LogP contribution >= 0.6 is 7.82 Å². The lowest BCUT2D eigenvalue weighted by Crippen LogP contribution is -2.37. The lowest BCUT2D eigenvalue weighted by atomic mass is 10.0. The highest BCUT2D eigenvalue weighted by molar-refractivity contribution is 7.45. The number of ether oxygens (including phenoxy) is 2. The lowest BCUT2D eigenvalue weighted by molar-refractivity contribution is -0.870. The summed E-state index contributed by atoms with van der Waals surface area (Å²) >= 11 is 0. The van der Waals surface area contributed by atoms with E-state index in [1.54, 1.807) is 0 Å². The fourth-order valence-corrected chi connectivity index (χ4v) is 10.4. The van der Waals surface area contributed by atoms with E-state index < -0.39 is 26.5 Å². The van der Waals surface area contributed by atoms with Gasteiger partial charge in [-0.2, -0.15) is 0 Å². The summed E-state index contributed by atoms with van der Waals surface area (Å²) in [5.74, 6) is -0.815. The minimum atomic E-state index is -4.62. The van der Waals surface area contributed by atoms with E-state index in [0.717, 1.165) is 32.1 Å². The number of quaternary nitrogens is 1. The molecule has 0 N–H and O–H groups in total. The SMILES string of the molecule is CCCCCCCCCCCCCCCCCCCCCCCCCCCCCCCCCCCCCCCCC(=O)OC(COC(=O)CCCCCCCCCCCC)COP(=O)([O-])OCC[N+](C)(C)C. The molecule has 0 amide bonds. The van der Waals surface area contributed by atoms with E-state index in [-0.39, 0.29) is 32.0 Å². The number of unbranched alkanes of at least 4 members (excludes halogenated alkanes) is 46. The summed E-state index contributed by atoms with van der Waals surface area (Å²) in [6, 6.07) is 0. The molecule has 72 heavy (non-hydrogen) atoms. The van der Waals surface area contributed by atoms with Crippen LogP contribution in [-0.2, 0) is 32.7 Å². The molecule has 0 aromatic carbocycles. The molecule has 0 spiro atoms. The van der Waals surface area contributed by atoms with Gasteiger partial charge in [0.2, 0.25) is 0 Å². The van der Waals surface area contributed by atoms with Crippen molar-refractivity contribution in [3.05, 3.63) is 0 Å². The van der Waals surface area contributed by atoms with Crippen molar-refractivity contribution in [3.8, 4) is 0 Å². The second-order valence-corrected chi connectivity index (χ2v) is 24.6. The third-order valence-corrected chi connectivity index (χ3v) is 15.6. The van der Waals surface area contributed by atoms with Gasteiger partial charge in [-0.25, -0.2) is 0 Å². The minimum absolute atomic E-state index is 0.0254. The molecule has 0 rings (SSSR count). The van der Waals surface area contributed by atoms with Crippen molar-refractivity contribution in [1.29, 1.82) is 0 Å². The van der Waals surface area contributed by atoms with Gasteiger partial charge in [0, 0.05) is 12.8 Å². The summed E-state index contributed by atoms with van der Waals surface area (Å²) in [6.07, 6.45) is 63.6. The van der Waals surface area contributed by atoms with Crippen LogP contribution in [0.1, 0.15) is 335 Å². The molecule has 430 valence electrons. The van der Waals surface area contributed by atoms with Gasteiger partial charge in [-0.1, -0.05) is 309 Å². The topological polar surface area (TPSA) is 111 Å². The zero-order chi connectivity index (χ0) is 52.7. The van der Waals surface area contributed by atoms with Gasteiger partial charge in [0.25, 0.3) is 7.82 Å². The molecule has 2 unspecified atom stereocenters. The number of esters is 2. The maximum Gasteiger partial charge on any atom is 0.306 e. The van der Waals surface area contributed by atoms with Gasteiger partial charge >= 0.3 is 11.9 Å². The highest BCUT2D eigenvalue weighted by Crippen LogP contribution is 2.38. The quantitative estimate of drug-likeness (QED) is 0.0256. The Labute approximate surface area is 448 Å². The third kappa shape index (κ3) is 58.3. The predicted molar refractivity (Wildman–Crippen MR) is 305 cm³/mol. The summed E-state index contributed by atoms with van der Waals surface area (Å²) < 4.78 is 34.1. The molecule has 0 saturated carbocycles. The van der Waals surface area contributed by atoms with Gasteiger partial charge < -0.3 is 27.9 Å². The summed E-state index contributed by atoms with van der Waals surface area (Å²) in [5, 5.41) is 0. The maximum absolute atomic E-state index is 12.8. The molecule has 0 bridgehead atoms. The van der Waals surface area contributed by atoms with Crippen LogP contribution in [-0.4, -0.2) is 70.0 Å². The van der Waals surface area contributed by atoms with Crippen molar-refractivity contribution in [3.63, 3.8) is 0 Å². The molecule has 0 aliphatic rings. The van der Waals surface area contributed by atoms with E-state index in [1.165, 1.54) is 270 Å². The molecule has 0 aromatic rings. The normalized spacial score (nSPS) is 13.1. The van der Waals surface area contributed by atoms with Crippen molar-refractivity contribution in [2.24, 2.45) is 0 Å². The summed E-state index contributed by atoms with van der Waals surface area (Å²) in [7, 11) is 1.19. The van der Waals surface area contributed by atoms with Gasteiger partial charge in [-0.3, -0.25) is 14.2 Å². The van der Waals surface area contributed by atoms with E-state index in [4.69, 9.17) is 18.5 Å². The molecular formula is C62H124NO8P. The van der Waals surface area contributed by atoms with Crippen LogP contribution in [0.25, 0.3) is 0 Å². The average molecular weight is 1040 g/mol. The zero-order valence-electron chi connectivity index (χ0n) is 48.9. The first-order valence-corrected chi connectivity index (χ1v) is 33.2. The second kappa shape index (κ2) is 54.8. The first-order valence-electron chi connectivity index (χ1n) is 31.7. The number of rotatable bonds is 60. The van der Waals surface area contributed by atoms with Crippen LogP contribution in [0.4, 0.5) is 0 Å². The highest BCUT2D eigenvalue weighted by Gasteiger charge is 2.22. The number of phosphoric ester groups is 1. The van der Waals surface area contributed by atoms with Crippen molar-refractivity contribution in [1.82, 2.24) is 0 Å². The van der Waals surface area contributed by atoms with Gasteiger partial charge in [0.15, 0.2) is 6.10 Å². The van der Waals surface area contributed by atoms with Crippen LogP contribution < -0.4 is 4.89 Å². The average Bonchev–Trinajstić information content (AvgIpc) is 3.34. The van der Waals surface area contributed by atoms with Crippen molar-refractivity contribution in [2.75, 3.05) is 47.5 Å². The fourth-order valence-electron chi connectivity index (χ4n) is 9.72. The zero-order valence-corrected chi connectivity index (χ0v) is 49.8. The first-order chi connectivity index (χ1) is 35.0.